The second-order valence-corrected chi connectivity index (χ2v) is 4.87. The fraction of sp³-hybridized carbons (Fsp3) is 0.600. The van der Waals surface area contributed by atoms with Crippen LogP contribution in [0.25, 0.3) is 0 Å². The van der Waals surface area contributed by atoms with E-state index in [1.54, 1.807) is 7.11 Å². The highest BCUT2D eigenvalue weighted by atomic mass is 79.9. The Labute approximate surface area is 124 Å². The summed E-state index contributed by atoms with van der Waals surface area (Å²) in [6.45, 7) is 4.20. The largest absolute Gasteiger partial charge is 0.496 e. The monoisotopic (exact) mass is 330 g/mol. The summed E-state index contributed by atoms with van der Waals surface area (Å²) in [5.41, 5.74) is 1.07. The summed E-state index contributed by atoms with van der Waals surface area (Å²) in [6.07, 6.45) is 2.26. The lowest BCUT2D eigenvalue weighted by atomic mass is 10.1. The third-order valence-corrected chi connectivity index (χ3v) is 3.40. The predicted octanol–water partition coefficient (Wildman–Crippen LogP) is 3.96. The molecule has 0 fully saturated rings. The third kappa shape index (κ3) is 5.93. The van der Waals surface area contributed by atoms with E-state index in [9.17, 15) is 0 Å². The maximum atomic E-state index is 5.85. The van der Waals surface area contributed by atoms with Gasteiger partial charge in [0.2, 0.25) is 0 Å². The van der Waals surface area contributed by atoms with Gasteiger partial charge in [0.05, 0.1) is 26.4 Å². The molecule has 108 valence electrons. The topological polar surface area (TPSA) is 27.7 Å². The number of unbranched alkanes of at least 4 members (excludes halogenated alkanes) is 1. The Balaban J connectivity index is 2.40. The molecule has 0 heterocycles. The Morgan fingerprint density at radius 1 is 1.16 bits per heavy atom. The quantitative estimate of drug-likeness (QED) is 0.480. The van der Waals surface area contributed by atoms with Crippen molar-refractivity contribution < 1.29 is 14.2 Å². The smallest absolute Gasteiger partial charge is 0.124 e. The summed E-state index contributed by atoms with van der Waals surface area (Å²) in [6, 6.07) is 7.94. The van der Waals surface area contributed by atoms with Crippen LogP contribution in [0.15, 0.2) is 24.3 Å². The molecule has 1 aromatic rings. The molecule has 0 aromatic heterocycles. The van der Waals surface area contributed by atoms with Gasteiger partial charge in [-0.1, -0.05) is 47.5 Å². The number of methoxy groups -OCH3 is 1. The van der Waals surface area contributed by atoms with Gasteiger partial charge in [-0.15, -0.1) is 0 Å². The standard InChI is InChI=1S/C15H23BrO3/c1-3-4-9-18-10-11-19-15(12-16)13-7-5-6-8-14(13)17-2/h5-8,15H,3-4,9-12H2,1-2H3. The molecule has 0 saturated heterocycles. The SMILES string of the molecule is CCCCOCCOC(CBr)c1ccccc1OC. The molecule has 0 aliphatic carbocycles. The van der Waals surface area contributed by atoms with Crippen molar-refractivity contribution in [1.82, 2.24) is 0 Å². The third-order valence-electron chi connectivity index (χ3n) is 2.81. The molecule has 0 saturated carbocycles. The summed E-state index contributed by atoms with van der Waals surface area (Å²) >= 11 is 3.49. The fourth-order valence-corrected chi connectivity index (χ4v) is 2.28. The van der Waals surface area contributed by atoms with Crippen LogP contribution in [-0.4, -0.2) is 32.3 Å². The molecule has 1 rings (SSSR count). The van der Waals surface area contributed by atoms with E-state index in [0.717, 1.165) is 36.1 Å². The molecule has 1 unspecified atom stereocenters. The summed E-state index contributed by atoms with van der Waals surface area (Å²) in [5.74, 6) is 0.860. The van der Waals surface area contributed by atoms with Crippen molar-refractivity contribution in [2.45, 2.75) is 25.9 Å². The highest BCUT2D eigenvalue weighted by Gasteiger charge is 2.14. The minimum atomic E-state index is -0.00840. The Kier molecular flexibility index (Phi) is 8.88. The number of hydrogen-bond acceptors (Lipinski definition) is 3. The fourth-order valence-electron chi connectivity index (χ4n) is 1.75. The zero-order chi connectivity index (χ0) is 13.9. The predicted molar refractivity (Wildman–Crippen MR) is 81.2 cm³/mol. The van der Waals surface area contributed by atoms with Gasteiger partial charge in [-0.2, -0.15) is 0 Å². The minimum absolute atomic E-state index is 0.00840. The van der Waals surface area contributed by atoms with Crippen molar-refractivity contribution in [3.05, 3.63) is 29.8 Å². The first-order valence-electron chi connectivity index (χ1n) is 6.71. The van der Waals surface area contributed by atoms with Crippen LogP contribution >= 0.6 is 15.9 Å². The van der Waals surface area contributed by atoms with Gasteiger partial charge in [0.15, 0.2) is 0 Å². The molecule has 0 bridgehead atoms. The molecule has 0 radical (unpaired) electrons. The molecule has 0 N–H and O–H groups in total. The highest BCUT2D eigenvalue weighted by Crippen LogP contribution is 2.28. The zero-order valence-corrected chi connectivity index (χ0v) is 13.3. The van der Waals surface area contributed by atoms with Crippen LogP contribution in [0.2, 0.25) is 0 Å². The lowest BCUT2D eigenvalue weighted by molar-refractivity contribution is 0.0125. The van der Waals surface area contributed by atoms with Gasteiger partial charge in [-0.25, -0.2) is 0 Å². The van der Waals surface area contributed by atoms with Crippen LogP contribution in [0, 0.1) is 0 Å². The number of benzene rings is 1. The Morgan fingerprint density at radius 3 is 2.63 bits per heavy atom. The Morgan fingerprint density at radius 2 is 1.95 bits per heavy atom. The average Bonchev–Trinajstić information content (AvgIpc) is 2.47. The molecule has 0 spiro atoms. The van der Waals surface area contributed by atoms with E-state index in [2.05, 4.69) is 22.9 Å². The lowest BCUT2D eigenvalue weighted by Gasteiger charge is -2.18. The highest BCUT2D eigenvalue weighted by molar-refractivity contribution is 9.09. The first-order chi connectivity index (χ1) is 9.33. The Bertz CT molecular complexity index is 344. The number of alkyl halides is 1. The molecule has 1 aromatic carbocycles. The van der Waals surface area contributed by atoms with Crippen LogP contribution < -0.4 is 4.74 Å². The van der Waals surface area contributed by atoms with Crippen molar-refractivity contribution in [2.24, 2.45) is 0 Å². The van der Waals surface area contributed by atoms with Crippen LogP contribution in [0.4, 0.5) is 0 Å². The Hall–Kier alpha value is -0.580. The van der Waals surface area contributed by atoms with E-state index in [-0.39, 0.29) is 6.10 Å². The summed E-state index contributed by atoms with van der Waals surface area (Å²) in [5, 5.41) is 0.738. The number of para-hydroxylation sites is 1. The molecule has 0 aliphatic heterocycles. The van der Waals surface area contributed by atoms with E-state index in [0.29, 0.717) is 13.2 Å². The number of rotatable bonds is 10. The van der Waals surface area contributed by atoms with E-state index >= 15 is 0 Å². The second kappa shape index (κ2) is 10.2. The minimum Gasteiger partial charge on any atom is -0.496 e. The zero-order valence-electron chi connectivity index (χ0n) is 11.7. The van der Waals surface area contributed by atoms with Crippen LogP contribution in [0.5, 0.6) is 5.75 Å². The second-order valence-electron chi connectivity index (χ2n) is 4.22. The first kappa shape index (κ1) is 16.5. The molecule has 4 heteroatoms. The molecule has 19 heavy (non-hydrogen) atoms. The van der Waals surface area contributed by atoms with E-state index in [1.165, 1.54) is 0 Å². The van der Waals surface area contributed by atoms with E-state index in [4.69, 9.17) is 14.2 Å². The van der Waals surface area contributed by atoms with Gasteiger partial charge in [-0.3, -0.25) is 0 Å². The van der Waals surface area contributed by atoms with E-state index < -0.39 is 0 Å². The first-order valence-corrected chi connectivity index (χ1v) is 7.83. The number of ether oxygens (including phenoxy) is 3. The number of hydrogen-bond donors (Lipinski definition) is 0. The van der Waals surface area contributed by atoms with Gasteiger partial charge in [0.1, 0.15) is 5.75 Å². The maximum absolute atomic E-state index is 5.85. The van der Waals surface area contributed by atoms with Crippen molar-refractivity contribution in [2.75, 3.05) is 32.3 Å². The van der Waals surface area contributed by atoms with Crippen molar-refractivity contribution in [3.8, 4) is 5.75 Å². The molecular formula is C15H23BrO3. The lowest BCUT2D eigenvalue weighted by Crippen LogP contribution is -2.12. The van der Waals surface area contributed by atoms with E-state index in [1.807, 2.05) is 24.3 Å². The molecule has 3 nitrogen and oxygen atoms in total. The van der Waals surface area contributed by atoms with Crippen molar-refractivity contribution in [1.29, 1.82) is 0 Å². The summed E-state index contributed by atoms with van der Waals surface area (Å²) in [4.78, 5) is 0. The van der Waals surface area contributed by atoms with Gasteiger partial charge in [0, 0.05) is 17.5 Å². The van der Waals surface area contributed by atoms with Gasteiger partial charge in [-0.05, 0) is 12.5 Å². The maximum Gasteiger partial charge on any atom is 0.124 e. The van der Waals surface area contributed by atoms with Crippen LogP contribution in [0.1, 0.15) is 31.4 Å². The molecule has 0 aliphatic rings. The van der Waals surface area contributed by atoms with Crippen LogP contribution in [0.3, 0.4) is 0 Å². The average molecular weight is 331 g/mol. The molecule has 0 amide bonds. The van der Waals surface area contributed by atoms with Crippen molar-refractivity contribution in [3.63, 3.8) is 0 Å². The van der Waals surface area contributed by atoms with Crippen molar-refractivity contribution >= 4 is 15.9 Å². The van der Waals surface area contributed by atoms with Gasteiger partial charge < -0.3 is 14.2 Å². The summed E-state index contributed by atoms with van der Waals surface area (Å²) in [7, 11) is 1.68. The van der Waals surface area contributed by atoms with Gasteiger partial charge in [0.25, 0.3) is 0 Å². The van der Waals surface area contributed by atoms with Crippen LogP contribution in [-0.2, 0) is 9.47 Å². The molecular weight excluding hydrogens is 308 g/mol. The normalized spacial score (nSPS) is 12.4. The van der Waals surface area contributed by atoms with Gasteiger partial charge >= 0.3 is 0 Å². The summed E-state index contributed by atoms with van der Waals surface area (Å²) < 4.78 is 16.7. The number of halogens is 1. The molecule has 1 atom stereocenters.